The third kappa shape index (κ3) is 3.87. The fraction of sp³-hybridized carbons (Fsp3) is 0.636. The van der Waals surface area contributed by atoms with E-state index in [1.807, 2.05) is 0 Å². The van der Waals surface area contributed by atoms with Crippen LogP contribution in [0.4, 0.5) is 11.6 Å². The van der Waals surface area contributed by atoms with Crippen LogP contribution in [0.3, 0.4) is 0 Å². The van der Waals surface area contributed by atoms with E-state index >= 15 is 0 Å². The van der Waals surface area contributed by atoms with E-state index < -0.39 is 10.0 Å². The molecule has 9 heteroatoms. The molecular formula is C22H32N6O2S. The van der Waals surface area contributed by atoms with Gasteiger partial charge in [-0.15, -0.1) is 5.10 Å². The summed E-state index contributed by atoms with van der Waals surface area (Å²) >= 11 is 0. The molecule has 2 heterocycles. The van der Waals surface area contributed by atoms with Gasteiger partial charge in [-0.1, -0.05) is 6.07 Å². The Hall–Kier alpha value is -1.97. The van der Waals surface area contributed by atoms with E-state index in [2.05, 4.69) is 45.6 Å². The predicted molar refractivity (Wildman–Crippen MR) is 120 cm³/mol. The number of aryl methyl sites for hydroxylation is 2. The number of benzene rings is 1. The van der Waals surface area contributed by atoms with Gasteiger partial charge in [0.2, 0.25) is 5.95 Å². The predicted octanol–water partition coefficient (Wildman–Crippen LogP) is 2.63. The Labute approximate surface area is 184 Å². The van der Waals surface area contributed by atoms with Crippen molar-refractivity contribution in [3.05, 3.63) is 28.3 Å². The van der Waals surface area contributed by atoms with Crippen molar-refractivity contribution in [3.63, 3.8) is 0 Å². The zero-order valence-electron chi connectivity index (χ0n) is 18.4. The van der Waals surface area contributed by atoms with Crippen molar-refractivity contribution in [3.8, 4) is 0 Å². The number of anilines is 2. The molecule has 2 aliphatic carbocycles. The van der Waals surface area contributed by atoms with Gasteiger partial charge in [0, 0.05) is 24.8 Å². The first-order valence-electron chi connectivity index (χ1n) is 11.5. The lowest BCUT2D eigenvalue weighted by Crippen LogP contribution is -2.34. The van der Waals surface area contributed by atoms with Crippen molar-refractivity contribution >= 4 is 21.7 Å². The van der Waals surface area contributed by atoms with Crippen molar-refractivity contribution < 1.29 is 8.42 Å². The van der Waals surface area contributed by atoms with E-state index in [1.54, 1.807) is 4.31 Å². The van der Waals surface area contributed by atoms with Gasteiger partial charge in [0.05, 0.1) is 0 Å². The summed E-state index contributed by atoms with van der Waals surface area (Å²) in [7, 11) is 0.428. The summed E-state index contributed by atoms with van der Waals surface area (Å²) in [6.45, 7) is 1.03. The maximum Gasteiger partial charge on any atom is 0.278 e. The molecule has 0 radical (unpaired) electrons. The summed E-state index contributed by atoms with van der Waals surface area (Å²) in [4.78, 5) is 6.55. The van der Waals surface area contributed by atoms with Crippen LogP contribution in [-0.2, 0) is 35.7 Å². The molecule has 2 aromatic rings. The number of nitrogens with one attached hydrogen (secondary N) is 2. The second kappa shape index (κ2) is 8.18. The molecule has 3 aliphatic rings. The number of nitrogens with zero attached hydrogens (tertiary/aromatic N) is 4. The van der Waals surface area contributed by atoms with Gasteiger partial charge in [-0.2, -0.15) is 9.29 Å². The molecule has 1 atom stereocenters. The summed E-state index contributed by atoms with van der Waals surface area (Å²) in [5, 5.41) is 10.2. The Morgan fingerprint density at radius 1 is 1.03 bits per heavy atom. The zero-order chi connectivity index (χ0) is 21.6. The van der Waals surface area contributed by atoms with Crippen LogP contribution < -0.4 is 5.32 Å². The molecule has 1 saturated heterocycles. The first-order chi connectivity index (χ1) is 14.9. The summed E-state index contributed by atoms with van der Waals surface area (Å²) in [5.41, 5.74) is 6.68. The van der Waals surface area contributed by atoms with Crippen LogP contribution in [0.15, 0.2) is 11.2 Å². The van der Waals surface area contributed by atoms with Gasteiger partial charge < -0.3 is 10.2 Å². The number of H-pyrrole nitrogens is 1. The lowest BCUT2D eigenvalue weighted by atomic mass is 9.99. The van der Waals surface area contributed by atoms with Crippen molar-refractivity contribution in [2.45, 2.75) is 69.0 Å². The molecule has 1 aliphatic heterocycles. The standard InChI is InChI=1S/C22H32N6O2S/c1-27(2)17-8-5-12-28(13-11-17)31(29,30)22-24-21(25-26-22)23-20-18-9-3-6-15(18)14-16-7-4-10-19(16)20/h14,17H,3-13H2,1-2H3,(H2,23,24,25,26). The van der Waals surface area contributed by atoms with Crippen LogP contribution in [0.1, 0.15) is 54.4 Å². The number of hydrogen-bond acceptors (Lipinski definition) is 6. The highest BCUT2D eigenvalue weighted by Gasteiger charge is 2.31. The minimum atomic E-state index is -3.68. The van der Waals surface area contributed by atoms with Crippen LogP contribution in [0.25, 0.3) is 0 Å². The average Bonchev–Trinajstić information content (AvgIpc) is 3.45. The van der Waals surface area contributed by atoms with Crippen molar-refractivity contribution in [2.75, 3.05) is 32.5 Å². The molecule has 31 heavy (non-hydrogen) atoms. The second-order valence-corrected chi connectivity index (χ2v) is 11.1. The van der Waals surface area contributed by atoms with Crippen molar-refractivity contribution in [1.29, 1.82) is 0 Å². The Kier molecular flexibility index (Phi) is 5.52. The van der Waals surface area contributed by atoms with Gasteiger partial charge >= 0.3 is 0 Å². The van der Waals surface area contributed by atoms with Gasteiger partial charge in [0.1, 0.15) is 0 Å². The third-order valence-electron chi connectivity index (χ3n) is 7.15. The molecule has 1 aromatic heterocycles. The number of hydrogen-bond donors (Lipinski definition) is 2. The van der Waals surface area contributed by atoms with Crippen molar-refractivity contribution in [2.24, 2.45) is 0 Å². The highest BCUT2D eigenvalue weighted by Crippen LogP contribution is 2.39. The third-order valence-corrected chi connectivity index (χ3v) is 8.86. The van der Waals surface area contributed by atoms with Gasteiger partial charge in [-0.3, -0.25) is 0 Å². The lowest BCUT2D eigenvalue weighted by molar-refractivity contribution is 0.268. The molecule has 168 valence electrons. The number of aromatic amines is 1. The minimum absolute atomic E-state index is 0.0671. The summed E-state index contributed by atoms with van der Waals surface area (Å²) < 4.78 is 28.0. The molecule has 8 nitrogen and oxygen atoms in total. The number of sulfonamides is 1. The van der Waals surface area contributed by atoms with Gasteiger partial charge in [0.15, 0.2) is 0 Å². The van der Waals surface area contributed by atoms with E-state index in [1.165, 1.54) is 35.1 Å². The molecule has 1 unspecified atom stereocenters. The topological polar surface area (TPSA) is 94.2 Å². The Bertz CT molecular complexity index is 1050. The largest absolute Gasteiger partial charge is 0.322 e. The second-order valence-electron chi connectivity index (χ2n) is 9.28. The molecule has 1 aromatic carbocycles. The SMILES string of the molecule is CN(C)C1CCCN(S(=O)(=O)c2nc(Nc3c4c(cc5c3CCC5)CCC4)n[nH]2)CC1. The average molecular weight is 445 g/mol. The fourth-order valence-corrected chi connectivity index (χ4v) is 6.75. The summed E-state index contributed by atoms with van der Waals surface area (Å²) in [5.74, 6) is 0.342. The quantitative estimate of drug-likeness (QED) is 0.736. The van der Waals surface area contributed by atoms with Crippen LogP contribution in [0, 0.1) is 0 Å². The Morgan fingerprint density at radius 3 is 2.42 bits per heavy atom. The molecule has 2 N–H and O–H groups in total. The summed E-state index contributed by atoms with van der Waals surface area (Å²) in [6, 6.07) is 2.79. The monoisotopic (exact) mass is 444 g/mol. The minimum Gasteiger partial charge on any atom is -0.322 e. The van der Waals surface area contributed by atoms with E-state index in [4.69, 9.17) is 0 Å². The normalized spacial score (nSPS) is 21.8. The molecule has 5 rings (SSSR count). The Balaban J connectivity index is 1.38. The lowest BCUT2D eigenvalue weighted by Gasteiger charge is -2.22. The highest BCUT2D eigenvalue weighted by atomic mass is 32.2. The van der Waals surface area contributed by atoms with E-state index in [-0.39, 0.29) is 5.16 Å². The van der Waals surface area contributed by atoms with Crippen LogP contribution in [0.2, 0.25) is 0 Å². The van der Waals surface area contributed by atoms with Crippen molar-refractivity contribution in [1.82, 2.24) is 24.4 Å². The van der Waals surface area contributed by atoms with Crippen LogP contribution in [0.5, 0.6) is 0 Å². The van der Waals surface area contributed by atoms with Crippen LogP contribution >= 0.6 is 0 Å². The van der Waals surface area contributed by atoms with E-state index in [0.717, 1.165) is 50.6 Å². The molecule has 0 spiro atoms. The smallest absolute Gasteiger partial charge is 0.278 e. The van der Waals surface area contributed by atoms with Gasteiger partial charge in [-0.25, -0.2) is 13.5 Å². The Morgan fingerprint density at radius 2 is 1.74 bits per heavy atom. The maximum absolute atomic E-state index is 13.2. The van der Waals surface area contributed by atoms with Gasteiger partial charge in [-0.05, 0) is 94.1 Å². The van der Waals surface area contributed by atoms with E-state index in [0.29, 0.717) is 25.1 Å². The fourth-order valence-electron chi connectivity index (χ4n) is 5.43. The first-order valence-corrected chi connectivity index (χ1v) is 12.9. The number of aromatic nitrogens is 3. The number of rotatable bonds is 5. The number of fused-ring (bicyclic) bond motifs is 2. The highest BCUT2D eigenvalue weighted by molar-refractivity contribution is 7.88. The molecule has 0 bridgehead atoms. The maximum atomic E-state index is 13.2. The van der Waals surface area contributed by atoms with Gasteiger partial charge in [0.25, 0.3) is 15.2 Å². The molecule has 1 fully saturated rings. The zero-order valence-corrected chi connectivity index (χ0v) is 19.3. The van der Waals surface area contributed by atoms with E-state index in [9.17, 15) is 8.42 Å². The molecular weight excluding hydrogens is 412 g/mol. The molecule has 0 saturated carbocycles. The summed E-state index contributed by atoms with van der Waals surface area (Å²) in [6.07, 6.45) is 9.38. The first kappa shape index (κ1) is 20.9. The van der Waals surface area contributed by atoms with Crippen LogP contribution in [-0.4, -0.2) is 66.0 Å². The molecule has 0 amide bonds.